The molecule has 1 amide bonds. The Morgan fingerprint density at radius 3 is 2.60 bits per heavy atom. The van der Waals surface area contributed by atoms with E-state index in [-0.39, 0.29) is 23.6 Å². The van der Waals surface area contributed by atoms with Crippen molar-refractivity contribution in [1.82, 2.24) is 20.3 Å². The van der Waals surface area contributed by atoms with Gasteiger partial charge in [0.05, 0.1) is 17.9 Å². The van der Waals surface area contributed by atoms with Crippen molar-refractivity contribution in [2.75, 3.05) is 0 Å². The van der Waals surface area contributed by atoms with Crippen LogP contribution in [0.15, 0.2) is 27.6 Å². The molecular weight excluding hydrogens is 320 g/mol. The van der Waals surface area contributed by atoms with Crippen molar-refractivity contribution in [2.45, 2.75) is 63.5 Å². The lowest BCUT2D eigenvalue weighted by molar-refractivity contribution is 0.0919. The molecule has 2 aliphatic rings. The summed E-state index contributed by atoms with van der Waals surface area (Å²) in [5.74, 6) is 0.918. The summed E-state index contributed by atoms with van der Waals surface area (Å²) in [7, 11) is 0. The van der Waals surface area contributed by atoms with Crippen LogP contribution in [-0.4, -0.2) is 26.9 Å². The molecule has 0 unspecified atom stereocenters. The smallest absolute Gasteiger partial charge is 0.267 e. The van der Waals surface area contributed by atoms with Gasteiger partial charge in [-0.1, -0.05) is 5.16 Å². The third-order valence-corrected chi connectivity index (χ3v) is 5.21. The molecule has 4 rings (SSSR count). The molecule has 0 radical (unpaired) electrons. The summed E-state index contributed by atoms with van der Waals surface area (Å²) in [5, 5.41) is 11.3. The molecule has 0 aromatic carbocycles. The molecule has 7 nitrogen and oxygen atoms in total. The summed E-state index contributed by atoms with van der Waals surface area (Å²) in [6, 6.07) is 3.74. The average Bonchev–Trinajstić information content (AvgIpc) is 3.37. The Bertz CT molecular complexity index is 829. The highest BCUT2D eigenvalue weighted by molar-refractivity contribution is 5.94. The summed E-state index contributed by atoms with van der Waals surface area (Å²) in [4.78, 5) is 24.4. The summed E-state index contributed by atoms with van der Waals surface area (Å²) in [5.41, 5.74) is 1.49. The number of nitrogens with zero attached hydrogens (tertiary/aromatic N) is 3. The highest BCUT2D eigenvalue weighted by atomic mass is 16.5. The zero-order chi connectivity index (χ0) is 17.4. The first-order valence-electron chi connectivity index (χ1n) is 8.93. The Hall–Kier alpha value is -2.44. The number of amides is 1. The standard InChI is InChI=1S/C18H22N4O3/c1-11-15(10-19-25-11)18(24)20-13-4-6-14(7-5-13)22-17(23)9-8-16(21-22)12-2-3-12/h8-10,12-14H,2-7H2,1H3,(H,20,24). The minimum atomic E-state index is -0.145. The van der Waals surface area contributed by atoms with Gasteiger partial charge in [-0.15, -0.1) is 0 Å². The van der Waals surface area contributed by atoms with E-state index in [2.05, 4.69) is 15.6 Å². The van der Waals surface area contributed by atoms with Crippen molar-refractivity contribution in [2.24, 2.45) is 0 Å². The van der Waals surface area contributed by atoms with Gasteiger partial charge in [-0.25, -0.2) is 4.68 Å². The molecule has 0 aliphatic heterocycles. The fourth-order valence-electron chi connectivity index (χ4n) is 3.54. The van der Waals surface area contributed by atoms with Crippen LogP contribution in [0.1, 0.15) is 72.3 Å². The summed E-state index contributed by atoms with van der Waals surface area (Å²) >= 11 is 0. The van der Waals surface area contributed by atoms with Crippen LogP contribution in [0.5, 0.6) is 0 Å². The number of carbonyl (C=O) groups is 1. The van der Waals surface area contributed by atoms with Crippen LogP contribution in [0.2, 0.25) is 0 Å². The van der Waals surface area contributed by atoms with Gasteiger partial charge >= 0.3 is 0 Å². The number of hydrogen-bond donors (Lipinski definition) is 1. The minimum absolute atomic E-state index is 0.0306. The van der Waals surface area contributed by atoms with Crippen LogP contribution < -0.4 is 10.9 Å². The molecule has 25 heavy (non-hydrogen) atoms. The van der Waals surface area contributed by atoms with Crippen molar-refractivity contribution in [1.29, 1.82) is 0 Å². The van der Waals surface area contributed by atoms with Gasteiger partial charge < -0.3 is 9.84 Å². The minimum Gasteiger partial charge on any atom is -0.361 e. The Morgan fingerprint density at radius 2 is 1.96 bits per heavy atom. The first kappa shape index (κ1) is 16.1. The summed E-state index contributed by atoms with van der Waals surface area (Å²) in [6.45, 7) is 1.73. The second kappa shape index (κ2) is 6.46. The van der Waals surface area contributed by atoms with Crippen LogP contribution in [0.4, 0.5) is 0 Å². The lowest BCUT2D eigenvalue weighted by Gasteiger charge is -2.29. The van der Waals surface area contributed by atoms with E-state index in [1.54, 1.807) is 17.7 Å². The lowest BCUT2D eigenvalue weighted by Crippen LogP contribution is -2.39. The van der Waals surface area contributed by atoms with E-state index in [1.165, 1.54) is 19.0 Å². The second-order valence-electron chi connectivity index (χ2n) is 7.09. The van der Waals surface area contributed by atoms with Crippen LogP contribution >= 0.6 is 0 Å². The molecule has 7 heteroatoms. The van der Waals surface area contributed by atoms with Crippen molar-refractivity contribution >= 4 is 5.91 Å². The first-order valence-corrected chi connectivity index (χ1v) is 8.93. The Kier molecular flexibility index (Phi) is 4.15. The summed E-state index contributed by atoms with van der Waals surface area (Å²) < 4.78 is 6.60. The van der Waals surface area contributed by atoms with Crippen molar-refractivity contribution in [3.8, 4) is 0 Å². The molecule has 0 bridgehead atoms. The number of aromatic nitrogens is 3. The van der Waals surface area contributed by atoms with Crippen molar-refractivity contribution < 1.29 is 9.32 Å². The number of aryl methyl sites for hydroxylation is 1. The monoisotopic (exact) mass is 342 g/mol. The van der Waals surface area contributed by atoms with Gasteiger partial charge in [0.1, 0.15) is 11.3 Å². The zero-order valence-electron chi connectivity index (χ0n) is 14.3. The van der Waals surface area contributed by atoms with Crippen molar-refractivity contribution in [3.05, 3.63) is 45.7 Å². The molecule has 2 saturated carbocycles. The second-order valence-corrected chi connectivity index (χ2v) is 7.09. The van der Waals surface area contributed by atoms with Crippen molar-refractivity contribution in [3.63, 3.8) is 0 Å². The predicted molar refractivity (Wildman–Crippen MR) is 90.5 cm³/mol. The van der Waals surface area contributed by atoms with Gasteiger partial charge in [0, 0.05) is 18.0 Å². The Labute approximate surface area is 145 Å². The SMILES string of the molecule is Cc1oncc1C(=O)NC1CCC(n2nc(C3CC3)ccc2=O)CC1. The fourth-order valence-corrected chi connectivity index (χ4v) is 3.54. The van der Waals surface area contributed by atoms with E-state index >= 15 is 0 Å². The van der Waals surface area contributed by atoms with Gasteiger partial charge in [-0.05, 0) is 51.5 Å². The fraction of sp³-hybridized carbons (Fsp3) is 0.556. The molecule has 0 saturated heterocycles. The number of rotatable bonds is 4. The van der Waals surface area contributed by atoms with Gasteiger partial charge in [0.2, 0.25) is 0 Å². The molecule has 2 fully saturated rings. The van der Waals surface area contributed by atoms with E-state index in [1.807, 2.05) is 6.07 Å². The van der Waals surface area contributed by atoms with E-state index in [9.17, 15) is 9.59 Å². The highest BCUT2D eigenvalue weighted by Crippen LogP contribution is 2.38. The Morgan fingerprint density at radius 1 is 1.20 bits per heavy atom. The van der Waals surface area contributed by atoms with E-state index in [4.69, 9.17) is 4.52 Å². The lowest BCUT2D eigenvalue weighted by atomic mass is 9.91. The quantitative estimate of drug-likeness (QED) is 0.921. The van der Waals surface area contributed by atoms with Crippen LogP contribution in [0, 0.1) is 6.92 Å². The molecule has 2 aliphatic carbocycles. The molecule has 2 aromatic heterocycles. The number of nitrogens with one attached hydrogen (secondary N) is 1. The highest BCUT2D eigenvalue weighted by Gasteiger charge is 2.29. The third kappa shape index (κ3) is 3.36. The molecule has 132 valence electrons. The first-order chi connectivity index (χ1) is 12.1. The van der Waals surface area contributed by atoms with E-state index < -0.39 is 0 Å². The maximum atomic E-state index is 12.2. The topological polar surface area (TPSA) is 90.0 Å². The number of hydrogen-bond acceptors (Lipinski definition) is 5. The maximum absolute atomic E-state index is 12.2. The van der Waals surface area contributed by atoms with E-state index in [0.717, 1.165) is 31.4 Å². The average molecular weight is 342 g/mol. The molecule has 2 heterocycles. The molecular formula is C18H22N4O3. The van der Waals surface area contributed by atoms with E-state index in [0.29, 0.717) is 17.2 Å². The zero-order valence-corrected chi connectivity index (χ0v) is 14.3. The Balaban J connectivity index is 1.38. The van der Waals surface area contributed by atoms with Gasteiger partial charge in [0.25, 0.3) is 11.5 Å². The largest absolute Gasteiger partial charge is 0.361 e. The molecule has 1 N–H and O–H groups in total. The van der Waals surface area contributed by atoms with Gasteiger partial charge in [-0.2, -0.15) is 5.10 Å². The van der Waals surface area contributed by atoms with Crippen LogP contribution in [-0.2, 0) is 0 Å². The third-order valence-electron chi connectivity index (χ3n) is 5.21. The normalized spacial score (nSPS) is 23.4. The van der Waals surface area contributed by atoms with Gasteiger partial charge in [-0.3, -0.25) is 9.59 Å². The molecule has 2 aromatic rings. The maximum Gasteiger partial charge on any atom is 0.267 e. The molecule has 0 spiro atoms. The molecule has 0 atom stereocenters. The number of carbonyl (C=O) groups excluding carboxylic acids is 1. The van der Waals surface area contributed by atoms with Crippen LogP contribution in [0.3, 0.4) is 0 Å². The summed E-state index contributed by atoms with van der Waals surface area (Å²) in [6.07, 6.45) is 7.15. The van der Waals surface area contributed by atoms with Crippen LogP contribution in [0.25, 0.3) is 0 Å². The van der Waals surface area contributed by atoms with Gasteiger partial charge in [0.15, 0.2) is 0 Å². The predicted octanol–water partition coefficient (Wildman–Crippen LogP) is 2.33.